The van der Waals surface area contributed by atoms with Crippen LogP contribution in [0.1, 0.15) is 0 Å². The van der Waals surface area contributed by atoms with E-state index < -0.39 is 0 Å². The first kappa shape index (κ1) is 33.1. The number of aromatic nitrogens is 3. The lowest BCUT2D eigenvalue weighted by Gasteiger charge is -2.19. The van der Waals surface area contributed by atoms with Gasteiger partial charge in [-0.1, -0.05) is 176 Å². The second kappa shape index (κ2) is 13.3. The van der Waals surface area contributed by atoms with E-state index in [4.69, 9.17) is 15.0 Å². The lowest BCUT2D eigenvalue weighted by atomic mass is 9.88. The second-order valence-electron chi connectivity index (χ2n) is 14.6. The lowest BCUT2D eigenvalue weighted by molar-refractivity contribution is 1.08. The Labute approximate surface area is 342 Å². The van der Waals surface area contributed by atoms with Gasteiger partial charge in [0.2, 0.25) is 0 Å². The van der Waals surface area contributed by atoms with Gasteiger partial charge in [0.25, 0.3) is 0 Å². The third-order valence-electron chi connectivity index (χ3n) is 11.3. The van der Waals surface area contributed by atoms with Gasteiger partial charge in [0.05, 0.1) is 0 Å². The zero-order valence-corrected chi connectivity index (χ0v) is 32.7. The number of benzene rings is 9. The van der Waals surface area contributed by atoms with Crippen molar-refractivity contribution >= 4 is 84.6 Å². The molecule has 5 heteroatoms. The van der Waals surface area contributed by atoms with Crippen molar-refractivity contribution in [3.8, 4) is 56.4 Å². The van der Waals surface area contributed by atoms with E-state index in [0.717, 1.165) is 38.9 Å². The molecule has 0 saturated heterocycles. The highest BCUT2D eigenvalue weighted by Gasteiger charge is 2.27. The zero-order valence-electron chi connectivity index (χ0n) is 31.1. The molecule has 0 spiro atoms. The molecular weight excluding hydrogens is 743 g/mol. The van der Waals surface area contributed by atoms with Crippen LogP contribution in [-0.4, -0.2) is 15.0 Å². The van der Waals surface area contributed by atoms with Crippen molar-refractivity contribution in [1.82, 2.24) is 15.0 Å². The van der Waals surface area contributed by atoms with Gasteiger partial charge in [-0.2, -0.15) is 0 Å². The van der Waals surface area contributed by atoms with E-state index in [2.05, 4.69) is 182 Å². The molecule has 0 aliphatic rings. The van der Waals surface area contributed by atoms with E-state index >= 15 is 0 Å². The fraction of sp³-hybridized carbons (Fsp3) is 0. The molecule has 12 rings (SSSR count). The summed E-state index contributed by atoms with van der Waals surface area (Å²) < 4.78 is 4.94. The van der Waals surface area contributed by atoms with Crippen molar-refractivity contribution in [2.45, 2.75) is 0 Å². The summed E-state index contributed by atoms with van der Waals surface area (Å²) in [5, 5.41) is 9.54. The summed E-state index contributed by atoms with van der Waals surface area (Å²) in [6.45, 7) is 0. The van der Waals surface area contributed by atoms with Crippen LogP contribution in [0.15, 0.2) is 188 Å². The first-order valence-electron chi connectivity index (χ1n) is 19.4. The van der Waals surface area contributed by atoms with Crippen LogP contribution in [0.25, 0.3) is 118 Å². The largest absolute Gasteiger partial charge is 0.208 e. The van der Waals surface area contributed by atoms with Gasteiger partial charge in [-0.15, -0.1) is 22.7 Å². The molecule has 0 aliphatic carbocycles. The summed E-state index contributed by atoms with van der Waals surface area (Å²) in [5.74, 6) is 1.95. The van der Waals surface area contributed by atoms with E-state index in [9.17, 15) is 0 Å². The Kier molecular flexibility index (Phi) is 7.58. The van der Waals surface area contributed by atoms with Gasteiger partial charge in [0.15, 0.2) is 17.5 Å². The molecule has 58 heavy (non-hydrogen) atoms. The van der Waals surface area contributed by atoms with Gasteiger partial charge in [-0.05, 0) is 34.0 Å². The average Bonchev–Trinajstić information content (AvgIpc) is 3.89. The van der Waals surface area contributed by atoms with Crippen LogP contribution in [0.4, 0.5) is 0 Å². The first-order valence-corrected chi connectivity index (χ1v) is 21.1. The van der Waals surface area contributed by atoms with Crippen molar-refractivity contribution in [3.05, 3.63) is 188 Å². The summed E-state index contributed by atoms with van der Waals surface area (Å²) in [4.78, 5) is 16.8. The molecule has 0 aliphatic heterocycles. The molecular formula is C53H31N3S2. The third-order valence-corrected chi connectivity index (χ3v) is 13.7. The summed E-state index contributed by atoms with van der Waals surface area (Å²) in [5.41, 5.74) is 7.47. The maximum absolute atomic E-state index is 5.75. The average molecular weight is 774 g/mol. The summed E-state index contributed by atoms with van der Waals surface area (Å²) in [7, 11) is 0. The topological polar surface area (TPSA) is 38.7 Å². The van der Waals surface area contributed by atoms with Gasteiger partial charge in [-0.25, -0.2) is 15.0 Å². The highest BCUT2D eigenvalue weighted by atomic mass is 32.1. The van der Waals surface area contributed by atoms with Crippen molar-refractivity contribution < 1.29 is 0 Å². The zero-order chi connectivity index (χ0) is 38.2. The molecule has 3 heterocycles. The van der Waals surface area contributed by atoms with Gasteiger partial charge in [0, 0.05) is 78.9 Å². The number of nitrogens with zero attached hydrogens (tertiary/aromatic N) is 3. The molecule has 270 valence electrons. The predicted molar refractivity (Wildman–Crippen MR) is 248 cm³/mol. The number of hydrogen-bond acceptors (Lipinski definition) is 5. The number of hydrogen-bond donors (Lipinski definition) is 0. The van der Waals surface area contributed by atoms with Gasteiger partial charge in [0.1, 0.15) is 0 Å². The van der Waals surface area contributed by atoms with E-state index in [0.29, 0.717) is 17.5 Å². The van der Waals surface area contributed by atoms with E-state index in [1.54, 1.807) is 0 Å². The summed E-state index contributed by atoms with van der Waals surface area (Å²) in [6, 6.07) is 67.0. The SMILES string of the molecule is c1ccc(-c2nc(-c3c(-c4ccccc4)c4ccccc4c4sc5ccccc5c34)nc(-c3c(-c4ccccc4)c4ccccc4c4sc5ccccc5c34)n2)cc1. The normalized spacial score (nSPS) is 11.8. The standard InChI is InChI=1S/C53H31N3S2/c1-4-18-32(19-5-1)43-35-24-10-12-26-37(35)49-45(39-28-14-16-30-41(39)57-49)47(43)52-54-51(34-22-8-3-9-23-34)55-53(56-52)48-44(33-20-6-2-7-21-33)36-25-11-13-27-38(36)50-46(48)40-29-15-17-31-42(40)58-50/h1-31H. The predicted octanol–water partition coefficient (Wildman–Crippen LogP) is 15.2. The Hall–Kier alpha value is -7.05. The van der Waals surface area contributed by atoms with Crippen LogP contribution in [0, 0.1) is 0 Å². The fourth-order valence-electron chi connectivity index (χ4n) is 8.86. The van der Waals surface area contributed by atoms with E-state index in [1.807, 2.05) is 28.7 Å². The van der Waals surface area contributed by atoms with Crippen LogP contribution < -0.4 is 0 Å². The molecule has 3 nitrogen and oxygen atoms in total. The molecule has 12 aromatic rings. The maximum atomic E-state index is 5.75. The molecule has 0 N–H and O–H groups in total. The van der Waals surface area contributed by atoms with E-state index in [-0.39, 0.29) is 0 Å². The molecule has 0 unspecified atom stereocenters. The highest BCUT2D eigenvalue weighted by molar-refractivity contribution is 7.27. The minimum absolute atomic E-state index is 0.639. The Morgan fingerprint density at radius 2 is 0.586 bits per heavy atom. The smallest absolute Gasteiger partial charge is 0.165 e. The maximum Gasteiger partial charge on any atom is 0.165 e. The van der Waals surface area contributed by atoms with Crippen LogP contribution in [0.3, 0.4) is 0 Å². The van der Waals surface area contributed by atoms with Gasteiger partial charge >= 0.3 is 0 Å². The van der Waals surface area contributed by atoms with Crippen molar-refractivity contribution in [2.24, 2.45) is 0 Å². The minimum Gasteiger partial charge on any atom is -0.208 e. The van der Waals surface area contributed by atoms with Crippen LogP contribution in [0.2, 0.25) is 0 Å². The Morgan fingerprint density at radius 1 is 0.259 bits per heavy atom. The number of rotatable bonds is 5. The molecule has 0 fully saturated rings. The monoisotopic (exact) mass is 773 g/mol. The van der Waals surface area contributed by atoms with Crippen LogP contribution >= 0.6 is 22.7 Å². The minimum atomic E-state index is 0.639. The van der Waals surface area contributed by atoms with Crippen molar-refractivity contribution in [2.75, 3.05) is 0 Å². The van der Waals surface area contributed by atoms with Gasteiger partial charge < -0.3 is 0 Å². The molecule has 0 radical (unpaired) electrons. The summed E-state index contributed by atoms with van der Waals surface area (Å²) in [6.07, 6.45) is 0. The van der Waals surface area contributed by atoms with Crippen LogP contribution in [0.5, 0.6) is 0 Å². The third kappa shape index (κ3) is 5.07. The molecule has 3 aromatic heterocycles. The van der Waals surface area contributed by atoms with Crippen molar-refractivity contribution in [3.63, 3.8) is 0 Å². The quantitative estimate of drug-likeness (QED) is 0.175. The Balaban J connectivity index is 1.31. The van der Waals surface area contributed by atoms with Gasteiger partial charge in [-0.3, -0.25) is 0 Å². The molecule has 9 aromatic carbocycles. The molecule has 0 saturated carbocycles. The van der Waals surface area contributed by atoms with E-state index in [1.165, 1.54) is 61.9 Å². The lowest BCUT2D eigenvalue weighted by Crippen LogP contribution is -2.03. The summed E-state index contributed by atoms with van der Waals surface area (Å²) >= 11 is 3.68. The van der Waals surface area contributed by atoms with Crippen molar-refractivity contribution in [1.29, 1.82) is 0 Å². The molecule has 0 amide bonds. The van der Waals surface area contributed by atoms with Crippen LogP contribution in [-0.2, 0) is 0 Å². The molecule has 0 atom stereocenters. The number of fused-ring (bicyclic) bond motifs is 10. The highest BCUT2D eigenvalue weighted by Crippen LogP contribution is 2.52. The number of thiophene rings is 2. The second-order valence-corrected chi connectivity index (χ2v) is 16.7. The first-order chi connectivity index (χ1) is 28.8. The fourth-order valence-corrected chi connectivity index (χ4v) is 11.4. The Bertz CT molecular complexity index is 3340. The molecule has 0 bridgehead atoms. The Morgan fingerprint density at radius 3 is 1.02 bits per heavy atom.